The van der Waals surface area contributed by atoms with E-state index in [-0.39, 0.29) is 18.2 Å². The molecule has 0 heterocycles. The van der Waals surface area contributed by atoms with E-state index >= 15 is 0 Å². The van der Waals surface area contributed by atoms with Gasteiger partial charge in [-0.3, -0.25) is 10.1 Å². The van der Waals surface area contributed by atoms with Gasteiger partial charge in [-0.2, -0.15) is 0 Å². The molecule has 1 fully saturated rings. The molecule has 4 nitrogen and oxygen atoms in total. The third kappa shape index (κ3) is 3.80. The van der Waals surface area contributed by atoms with E-state index in [0.717, 1.165) is 32.1 Å². The van der Waals surface area contributed by atoms with Crippen LogP contribution in [0, 0.1) is 5.92 Å². The molecule has 0 saturated heterocycles. The van der Waals surface area contributed by atoms with Crippen LogP contribution in [0.2, 0.25) is 0 Å². The standard InChI is InChI=1S/C11H21NO3/c1-3-10(12-2)15-9-6-4-8(5-7-9)11(13)14/h8-10,12H,3-7H2,1-2H3,(H,13,14)/t8?,9?,10-/m0/s1. The van der Waals surface area contributed by atoms with Gasteiger partial charge in [0.25, 0.3) is 0 Å². The van der Waals surface area contributed by atoms with Crippen molar-refractivity contribution in [3.63, 3.8) is 0 Å². The van der Waals surface area contributed by atoms with Gasteiger partial charge in [-0.25, -0.2) is 0 Å². The fourth-order valence-corrected chi connectivity index (χ4v) is 2.05. The molecular formula is C11H21NO3. The van der Waals surface area contributed by atoms with Crippen LogP contribution in [0.4, 0.5) is 0 Å². The van der Waals surface area contributed by atoms with E-state index < -0.39 is 5.97 Å². The van der Waals surface area contributed by atoms with Crippen LogP contribution in [-0.4, -0.2) is 30.5 Å². The van der Waals surface area contributed by atoms with Crippen LogP contribution in [0.3, 0.4) is 0 Å². The van der Waals surface area contributed by atoms with Gasteiger partial charge in [-0.1, -0.05) is 6.92 Å². The first-order valence-corrected chi connectivity index (χ1v) is 5.72. The van der Waals surface area contributed by atoms with Crippen molar-refractivity contribution >= 4 is 5.97 Å². The molecule has 1 aliphatic rings. The van der Waals surface area contributed by atoms with Crippen LogP contribution in [0.1, 0.15) is 39.0 Å². The zero-order valence-electron chi connectivity index (χ0n) is 9.53. The van der Waals surface area contributed by atoms with Crippen molar-refractivity contribution in [2.24, 2.45) is 5.92 Å². The number of carboxylic acids is 1. The van der Waals surface area contributed by atoms with Crippen LogP contribution >= 0.6 is 0 Å². The molecule has 0 aliphatic heterocycles. The van der Waals surface area contributed by atoms with Gasteiger partial charge in [0.05, 0.1) is 12.0 Å². The van der Waals surface area contributed by atoms with E-state index in [1.807, 2.05) is 7.05 Å². The van der Waals surface area contributed by atoms with Crippen molar-refractivity contribution in [1.82, 2.24) is 5.32 Å². The van der Waals surface area contributed by atoms with Crippen molar-refractivity contribution in [2.75, 3.05) is 7.05 Å². The maximum absolute atomic E-state index is 10.7. The van der Waals surface area contributed by atoms with Crippen LogP contribution in [0.15, 0.2) is 0 Å². The minimum absolute atomic E-state index is 0.108. The van der Waals surface area contributed by atoms with Gasteiger partial charge >= 0.3 is 5.97 Å². The molecule has 4 heteroatoms. The minimum atomic E-state index is -0.658. The van der Waals surface area contributed by atoms with Crippen LogP contribution in [0.5, 0.6) is 0 Å². The zero-order valence-corrected chi connectivity index (χ0v) is 9.53. The molecule has 15 heavy (non-hydrogen) atoms. The van der Waals surface area contributed by atoms with Crippen molar-refractivity contribution in [2.45, 2.75) is 51.4 Å². The summed E-state index contributed by atoms with van der Waals surface area (Å²) in [5, 5.41) is 11.9. The predicted octanol–water partition coefficient (Wildman–Crippen LogP) is 1.60. The monoisotopic (exact) mass is 215 g/mol. The number of rotatable bonds is 5. The number of ether oxygens (including phenoxy) is 1. The van der Waals surface area contributed by atoms with Gasteiger partial charge in [0, 0.05) is 0 Å². The summed E-state index contributed by atoms with van der Waals surface area (Å²) in [6.07, 6.45) is 4.52. The quantitative estimate of drug-likeness (QED) is 0.684. The maximum Gasteiger partial charge on any atom is 0.306 e. The summed E-state index contributed by atoms with van der Waals surface area (Å²) in [4.78, 5) is 10.7. The average molecular weight is 215 g/mol. The molecule has 0 aromatic carbocycles. The summed E-state index contributed by atoms with van der Waals surface area (Å²) >= 11 is 0. The molecule has 1 saturated carbocycles. The van der Waals surface area contributed by atoms with Gasteiger partial charge < -0.3 is 9.84 Å². The lowest BCUT2D eigenvalue weighted by atomic mass is 9.87. The molecule has 0 unspecified atom stereocenters. The number of hydrogen-bond donors (Lipinski definition) is 2. The SMILES string of the molecule is CC[C@@H](NC)OC1CCC(C(=O)O)CC1. The highest BCUT2D eigenvalue weighted by atomic mass is 16.5. The first kappa shape index (κ1) is 12.5. The summed E-state index contributed by atoms with van der Waals surface area (Å²) in [5.41, 5.74) is 0. The molecule has 1 rings (SSSR count). The van der Waals surface area contributed by atoms with Crippen molar-refractivity contribution < 1.29 is 14.6 Å². The van der Waals surface area contributed by atoms with E-state index in [2.05, 4.69) is 12.2 Å². The highest BCUT2D eigenvalue weighted by Crippen LogP contribution is 2.27. The normalized spacial score (nSPS) is 28.7. The van der Waals surface area contributed by atoms with E-state index in [4.69, 9.17) is 9.84 Å². The minimum Gasteiger partial charge on any atom is -0.481 e. The maximum atomic E-state index is 10.7. The largest absolute Gasteiger partial charge is 0.481 e. The Morgan fingerprint density at radius 2 is 2.07 bits per heavy atom. The number of carbonyl (C=O) groups is 1. The Morgan fingerprint density at radius 1 is 1.47 bits per heavy atom. The summed E-state index contributed by atoms with van der Waals surface area (Å²) in [6.45, 7) is 2.07. The molecule has 0 spiro atoms. The smallest absolute Gasteiger partial charge is 0.306 e. The van der Waals surface area contributed by atoms with E-state index in [1.54, 1.807) is 0 Å². The molecule has 2 N–H and O–H groups in total. The van der Waals surface area contributed by atoms with Gasteiger partial charge in [0.15, 0.2) is 0 Å². The molecule has 1 aliphatic carbocycles. The highest BCUT2D eigenvalue weighted by Gasteiger charge is 2.27. The van der Waals surface area contributed by atoms with Crippen molar-refractivity contribution in [1.29, 1.82) is 0 Å². The third-order valence-electron chi connectivity index (χ3n) is 3.07. The summed E-state index contributed by atoms with van der Waals surface area (Å²) in [6, 6.07) is 0. The Labute approximate surface area is 91.0 Å². The Morgan fingerprint density at radius 3 is 2.47 bits per heavy atom. The Kier molecular flexibility index (Phi) is 5.05. The van der Waals surface area contributed by atoms with E-state index in [0.29, 0.717) is 0 Å². The number of carboxylic acid groups (broad SMARTS) is 1. The molecule has 0 amide bonds. The number of aliphatic carboxylic acids is 1. The fraction of sp³-hybridized carbons (Fsp3) is 0.909. The molecule has 0 bridgehead atoms. The van der Waals surface area contributed by atoms with Gasteiger partial charge in [-0.05, 0) is 39.2 Å². The van der Waals surface area contributed by atoms with Gasteiger partial charge in [-0.15, -0.1) is 0 Å². The topological polar surface area (TPSA) is 58.6 Å². The molecule has 0 aromatic rings. The van der Waals surface area contributed by atoms with Crippen LogP contribution < -0.4 is 5.32 Å². The van der Waals surface area contributed by atoms with Gasteiger partial charge in [0.1, 0.15) is 6.23 Å². The summed E-state index contributed by atoms with van der Waals surface area (Å²) in [7, 11) is 1.89. The second kappa shape index (κ2) is 6.08. The van der Waals surface area contributed by atoms with Crippen LogP contribution in [-0.2, 0) is 9.53 Å². The molecule has 0 radical (unpaired) electrons. The van der Waals surface area contributed by atoms with E-state index in [9.17, 15) is 4.79 Å². The van der Waals surface area contributed by atoms with Crippen LogP contribution in [0.25, 0.3) is 0 Å². The fourth-order valence-electron chi connectivity index (χ4n) is 2.05. The Hall–Kier alpha value is -0.610. The second-order valence-electron chi connectivity index (χ2n) is 4.13. The van der Waals surface area contributed by atoms with E-state index in [1.165, 1.54) is 0 Å². The summed E-state index contributed by atoms with van der Waals surface area (Å²) in [5.74, 6) is -0.811. The highest BCUT2D eigenvalue weighted by molar-refractivity contribution is 5.70. The summed E-state index contributed by atoms with van der Waals surface area (Å²) < 4.78 is 5.81. The Balaban J connectivity index is 2.28. The lowest BCUT2D eigenvalue weighted by Crippen LogP contribution is -2.35. The second-order valence-corrected chi connectivity index (χ2v) is 4.13. The van der Waals surface area contributed by atoms with Crippen molar-refractivity contribution in [3.8, 4) is 0 Å². The van der Waals surface area contributed by atoms with Gasteiger partial charge in [0.2, 0.25) is 0 Å². The average Bonchev–Trinajstić information content (AvgIpc) is 2.26. The van der Waals surface area contributed by atoms with Crippen molar-refractivity contribution in [3.05, 3.63) is 0 Å². The lowest BCUT2D eigenvalue weighted by Gasteiger charge is -2.29. The zero-order chi connectivity index (χ0) is 11.3. The Bertz CT molecular complexity index is 196. The number of hydrogen-bond acceptors (Lipinski definition) is 3. The first-order valence-electron chi connectivity index (χ1n) is 5.72. The predicted molar refractivity (Wildman–Crippen MR) is 57.6 cm³/mol. The number of nitrogens with one attached hydrogen (secondary N) is 1. The molecule has 88 valence electrons. The first-order chi connectivity index (χ1) is 7.17. The third-order valence-corrected chi connectivity index (χ3v) is 3.07. The molecule has 1 atom stereocenters. The lowest BCUT2D eigenvalue weighted by molar-refractivity contribution is -0.144. The molecular weight excluding hydrogens is 194 g/mol. The molecule has 0 aromatic heterocycles.